The number of rotatable bonds is 7. The topological polar surface area (TPSA) is 153 Å². The summed E-state index contributed by atoms with van der Waals surface area (Å²) in [4.78, 5) is 33.1. The zero-order valence-corrected chi connectivity index (χ0v) is 11.3. The van der Waals surface area contributed by atoms with Crippen molar-refractivity contribution in [3.63, 3.8) is 0 Å². The number of amides is 2. The van der Waals surface area contributed by atoms with E-state index in [0.717, 1.165) is 6.26 Å². The normalized spacial score (nSPS) is 12.4. The molecule has 9 nitrogen and oxygen atoms in total. The van der Waals surface area contributed by atoms with Gasteiger partial charge < -0.3 is 15.7 Å². The van der Waals surface area contributed by atoms with Crippen molar-refractivity contribution in [2.45, 2.75) is 6.04 Å². The molecule has 0 aliphatic rings. The molecule has 0 fully saturated rings. The smallest absolute Gasteiger partial charge is 0.328 e. The Morgan fingerprint density at radius 3 is 2.40 bits per heavy atom. The van der Waals surface area contributed by atoms with E-state index in [-0.39, 0.29) is 6.54 Å². The van der Waals surface area contributed by atoms with Gasteiger partial charge in [-0.15, -0.1) is 0 Å². The highest BCUT2D eigenvalue weighted by Crippen LogP contribution is 1.93. The Kier molecular flexibility index (Phi) is 6.95. The number of aliphatic carboxylic acids is 1. The fraction of sp³-hybridized carbons (Fsp3) is 0.400. The monoisotopic (exact) mass is 303 g/mol. The first-order valence-corrected chi connectivity index (χ1v) is 7.25. The van der Waals surface area contributed by atoms with Crippen molar-refractivity contribution in [1.29, 1.82) is 5.26 Å². The van der Waals surface area contributed by atoms with Crippen LogP contribution in [0.25, 0.3) is 0 Å². The van der Waals surface area contributed by atoms with Crippen LogP contribution in [0.15, 0.2) is 12.2 Å². The Labute approximate surface area is 115 Å². The maximum atomic E-state index is 11.6. The molecule has 110 valence electrons. The van der Waals surface area contributed by atoms with Gasteiger partial charge in [-0.05, 0) is 0 Å². The van der Waals surface area contributed by atoms with Gasteiger partial charge in [-0.25, -0.2) is 13.2 Å². The van der Waals surface area contributed by atoms with Gasteiger partial charge in [0.25, 0.3) is 0 Å². The highest BCUT2D eigenvalue weighted by molar-refractivity contribution is 7.90. The summed E-state index contributed by atoms with van der Waals surface area (Å²) in [7, 11) is -3.57. The number of hydrogen-bond donors (Lipinski definition) is 3. The van der Waals surface area contributed by atoms with Crippen LogP contribution in [0, 0.1) is 11.3 Å². The van der Waals surface area contributed by atoms with Gasteiger partial charge in [0.1, 0.15) is 22.4 Å². The van der Waals surface area contributed by atoms with E-state index >= 15 is 0 Å². The van der Waals surface area contributed by atoms with Gasteiger partial charge in [0.05, 0.1) is 11.8 Å². The highest BCUT2D eigenvalue weighted by atomic mass is 32.2. The number of carboxylic acids is 1. The lowest BCUT2D eigenvalue weighted by atomic mass is 10.3. The second-order valence-electron chi connectivity index (χ2n) is 3.70. The molecule has 0 radical (unpaired) electrons. The number of nitrogens with one attached hydrogen (secondary N) is 2. The van der Waals surface area contributed by atoms with Crippen LogP contribution in [-0.2, 0) is 24.2 Å². The predicted octanol–water partition coefficient (Wildman–Crippen LogP) is -2.20. The van der Waals surface area contributed by atoms with Crippen molar-refractivity contribution < 1.29 is 27.9 Å². The number of nitrogens with zero attached hydrogens (tertiary/aromatic N) is 1. The third-order valence-electron chi connectivity index (χ3n) is 1.82. The fourth-order valence-electron chi connectivity index (χ4n) is 1.10. The van der Waals surface area contributed by atoms with Gasteiger partial charge in [-0.1, -0.05) is 0 Å². The third kappa shape index (κ3) is 8.65. The van der Waals surface area contributed by atoms with Crippen LogP contribution in [0.3, 0.4) is 0 Å². The zero-order chi connectivity index (χ0) is 15.8. The Morgan fingerprint density at radius 1 is 1.35 bits per heavy atom. The van der Waals surface area contributed by atoms with Crippen LogP contribution in [0.1, 0.15) is 0 Å². The summed E-state index contributed by atoms with van der Waals surface area (Å²) in [5.74, 6) is -3.83. The van der Waals surface area contributed by atoms with Crippen molar-refractivity contribution in [2.75, 3.05) is 18.6 Å². The summed E-state index contributed by atoms with van der Waals surface area (Å²) in [6.07, 6.45) is 2.06. The Morgan fingerprint density at radius 2 is 1.95 bits per heavy atom. The number of carbonyl (C=O) groups is 3. The number of carbonyl (C=O) groups excluding carboxylic acids is 2. The molecule has 0 heterocycles. The van der Waals surface area contributed by atoms with Crippen molar-refractivity contribution in [3.8, 4) is 6.07 Å². The molecule has 0 saturated heterocycles. The van der Waals surface area contributed by atoms with Crippen LogP contribution in [-0.4, -0.2) is 55.9 Å². The molecule has 0 aliphatic heterocycles. The van der Waals surface area contributed by atoms with Gasteiger partial charge in [-0.2, -0.15) is 5.26 Å². The molecule has 0 aromatic carbocycles. The molecule has 10 heteroatoms. The Bertz CT molecular complexity index is 560. The maximum absolute atomic E-state index is 11.6. The molecule has 0 aromatic rings. The number of hydrogen-bond acceptors (Lipinski definition) is 6. The lowest BCUT2D eigenvalue weighted by Gasteiger charge is -2.15. The van der Waals surface area contributed by atoms with Crippen molar-refractivity contribution in [1.82, 2.24) is 10.6 Å². The molecule has 1 unspecified atom stereocenters. The first-order chi connectivity index (χ1) is 9.15. The van der Waals surface area contributed by atoms with Gasteiger partial charge in [0.2, 0.25) is 11.8 Å². The summed E-state index contributed by atoms with van der Waals surface area (Å²) in [5, 5.41) is 20.8. The van der Waals surface area contributed by atoms with E-state index < -0.39 is 39.4 Å². The largest absolute Gasteiger partial charge is 0.478 e. The van der Waals surface area contributed by atoms with Crippen LogP contribution in [0.4, 0.5) is 0 Å². The average Bonchev–Trinajstić information content (AvgIpc) is 2.30. The van der Waals surface area contributed by atoms with E-state index in [4.69, 9.17) is 10.4 Å². The summed E-state index contributed by atoms with van der Waals surface area (Å²) >= 11 is 0. The summed E-state index contributed by atoms with van der Waals surface area (Å²) < 4.78 is 22.3. The van der Waals surface area contributed by atoms with E-state index in [2.05, 4.69) is 5.32 Å². The maximum Gasteiger partial charge on any atom is 0.328 e. The first-order valence-electron chi connectivity index (χ1n) is 5.19. The van der Waals surface area contributed by atoms with Crippen LogP contribution in [0.5, 0.6) is 0 Å². The Balaban J connectivity index is 4.86. The molecule has 0 saturated carbocycles. The molecule has 0 aromatic heterocycles. The summed E-state index contributed by atoms with van der Waals surface area (Å²) in [5.41, 5.74) is 0. The Hall–Kier alpha value is -2.41. The molecule has 1 atom stereocenters. The number of sulfone groups is 1. The van der Waals surface area contributed by atoms with E-state index in [9.17, 15) is 22.8 Å². The minimum absolute atomic E-state index is 0.347. The van der Waals surface area contributed by atoms with E-state index in [0.29, 0.717) is 12.2 Å². The molecule has 0 rings (SSSR count). The number of carboxylic acid groups (broad SMARTS) is 1. The van der Waals surface area contributed by atoms with Gasteiger partial charge >= 0.3 is 5.97 Å². The molecule has 0 bridgehead atoms. The molecule has 3 N–H and O–H groups in total. The second kappa shape index (κ2) is 7.90. The first kappa shape index (κ1) is 17.6. The van der Waals surface area contributed by atoms with Gasteiger partial charge in [0.15, 0.2) is 0 Å². The lowest BCUT2D eigenvalue weighted by Crippen LogP contribution is -2.50. The standard InChI is InChI=1S/C10H13N3O6S/c1-20(18,19)6-7(10(17)12-5-4-11)13-8(14)2-3-9(15)16/h2-3,7H,5-6H2,1H3,(H,12,17)(H,13,14)(H,15,16). The van der Waals surface area contributed by atoms with Crippen LogP contribution in [0.2, 0.25) is 0 Å². The van der Waals surface area contributed by atoms with Crippen molar-refractivity contribution >= 4 is 27.6 Å². The quantitative estimate of drug-likeness (QED) is 0.356. The molecular formula is C10H13N3O6S. The SMILES string of the molecule is CS(=O)(=O)CC(NC(=O)C=CC(=O)O)C(=O)NCC#N. The minimum Gasteiger partial charge on any atom is -0.478 e. The predicted molar refractivity (Wildman–Crippen MR) is 67.0 cm³/mol. The molecule has 20 heavy (non-hydrogen) atoms. The van der Waals surface area contributed by atoms with Crippen molar-refractivity contribution in [2.24, 2.45) is 0 Å². The highest BCUT2D eigenvalue weighted by Gasteiger charge is 2.24. The molecule has 0 aliphatic carbocycles. The molecule has 0 spiro atoms. The van der Waals surface area contributed by atoms with Crippen molar-refractivity contribution in [3.05, 3.63) is 12.2 Å². The lowest BCUT2D eigenvalue weighted by molar-refractivity contribution is -0.131. The van der Waals surface area contributed by atoms with Gasteiger partial charge in [0, 0.05) is 18.4 Å². The third-order valence-corrected chi connectivity index (χ3v) is 2.76. The minimum atomic E-state index is -3.57. The van der Waals surface area contributed by atoms with E-state index in [1.807, 2.05) is 5.32 Å². The fourth-order valence-corrected chi connectivity index (χ4v) is 1.94. The zero-order valence-electron chi connectivity index (χ0n) is 10.5. The molecule has 2 amide bonds. The van der Waals surface area contributed by atoms with E-state index in [1.54, 1.807) is 6.07 Å². The van der Waals surface area contributed by atoms with E-state index in [1.165, 1.54) is 0 Å². The van der Waals surface area contributed by atoms with Gasteiger partial charge in [-0.3, -0.25) is 9.59 Å². The average molecular weight is 303 g/mol. The summed E-state index contributed by atoms with van der Waals surface area (Å²) in [6, 6.07) is 0.211. The number of nitriles is 1. The summed E-state index contributed by atoms with van der Waals surface area (Å²) in [6.45, 7) is -0.347. The van der Waals surface area contributed by atoms with Crippen LogP contribution < -0.4 is 10.6 Å². The van der Waals surface area contributed by atoms with Crippen LogP contribution >= 0.6 is 0 Å². The molecular weight excluding hydrogens is 290 g/mol. The second-order valence-corrected chi connectivity index (χ2v) is 5.89.